The van der Waals surface area contributed by atoms with Crippen LogP contribution in [0.3, 0.4) is 0 Å². The molecule has 4 rings (SSSR count). The number of H-pyrrole nitrogens is 1. The SMILES string of the molecule is CCOc1ccc(CCC(=O)N2CCC(c3cc4cc(Cl)ccc4[nH]3)CC2)cc1OC. The monoisotopic (exact) mass is 440 g/mol. The van der Waals surface area contributed by atoms with Gasteiger partial charge in [0, 0.05) is 47.0 Å². The van der Waals surface area contributed by atoms with E-state index in [2.05, 4.69) is 11.1 Å². The number of piperidine rings is 1. The summed E-state index contributed by atoms with van der Waals surface area (Å²) in [6.45, 7) is 4.14. The van der Waals surface area contributed by atoms with Gasteiger partial charge < -0.3 is 19.4 Å². The second-order valence-corrected chi connectivity index (χ2v) is 8.47. The predicted octanol–water partition coefficient (Wildman–Crippen LogP) is 5.57. The Balaban J connectivity index is 1.31. The van der Waals surface area contributed by atoms with E-state index in [9.17, 15) is 4.79 Å². The van der Waals surface area contributed by atoms with Crippen LogP contribution in [-0.4, -0.2) is 42.6 Å². The predicted molar refractivity (Wildman–Crippen MR) is 124 cm³/mol. The van der Waals surface area contributed by atoms with E-state index >= 15 is 0 Å². The van der Waals surface area contributed by atoms with Gasteiger partial charge in [-0.2, -0.15) is 0 Å². The number of amides is 1. The van der Waals surface area contributed by atoms with Crippen LogP contribution in [0.4, 0.5) is 0 Å². The number of aromatic nitrogens is 1. The number of halogens is 1. The molecule has 5 nitrogen and oxygen atoms in total. The van der Waals surface area contributed by atoms with E-state index < -0.39 is 0 Å². The molecule has 2 aromatic carbocycles. The third-order valence-electron chi connectivity index (χ3n) is 6.05. The van der Waals surface area contributed by atoms with Gasteiger partial charge in [-0.05, 0) is 68.1 Å². The zero-order chi connectivity index (χ0) is 21.8. The summed E-state index contributed by atoms with van der Waals surface area (Å²) in [6.07, 6.45) is 3.16. The van der Waals surface area contributed by atoms with Gasteiger partial charge in [0.25, 0.3) is 0 Å². The average Bonchev–Trinajstić information content (AvgIpc) is 3.21. The smallest absolute Gasteiger partial charge is 0.222 e. The molecular formula is C25H29ClN2O3. The molecule has 0 bridgehead atoms. The first kappa shape index (κ1) is 21.6. The molecule has 164 valence electrons. The maximum absolute atomic E-state index is 12.8. The van der Waals surface area contributed by atoms with E-state index in [1.807, 2.05) is 48.2 Å². The van der Waals surface area contributed by atoms with Crippen LogP contribution >= 0.6 is 11.6 Å². The third-order valence-corrected chi connectivity index (χ3v) is 6.28. The van der Waals surface area contributed by atoms with Crippen molar-refractivity contribution >= 4 is 28.4 Å². The van der Waals surface area contributed by atoms with E-state index in [4.69, 9.17) is 21.1 Å². The topological polar surface area (TPSA) is 54.6 Å². The lowest BCUT2D eigenvalue weighted by Gasteiger charge is -2.31. The van der Waals surface area contributed by atoms with E-state index in [1.165, 1.54) is 5.69 Å². The summed E-state index contributed by atoms with van der Waals surface area (Å²) in [7, 11) is 1.64. The maximum atomic E-state index is 12.8. The van der Waals surface area contributed by atoms with Gasteiger partial charge in [0.2, 0.25) is 5.91 Å². The van der Waals surface area contributed by atoms with Crippen molar-refractivity contribution in [3.63, 3.8) is 0 Å². The average molecular weight is 441 g/mol. The number of methoxy groups -OCH3 is 1. The molecule has 1 fully saturated rings. The van der Waals surface area contributed by atoms with Crippen molar-refractivity contribution in [3.05, 3.63) is 58.7 Å². The number of carbonyl (C=O) groups excluding carboxylic acids is 1. The highest BCUT2D eigenvalue weighted by atomic mass is 35.5. The van der Waals surface area contributed by atoms with E-state index in [-0.39, 0.29) is 5.91 Å². The lowest BCUT2D eigenvalue weighted by molar-refractivity contribution is -0.132. The molecule has 1 saturated heterocycles. The number of carbonyl (C=O) groups is 1. The van der Waals surface area contributed by atoms with Gasteiger partial charge in [0.1, 0.15) is 0 Å². The molecule has 0 atom stereocenters. The number of fused-ring (bicyclic) bond motifs is 1. The molecule has 0 saturated carbocycles. The van der Waals surface area contributed by atoms with Crippen LogP contribution in [-0.2, 0) is 11.2 Å². The molecular weight excluding hydrogens is 412 g/mol. The molecule has 6 heteroatoms. The molecule has 1 aliphatic heterocycles. The standard InChI is InChI=1S/C25H29ClN2O3/c1-3-31-23-8-4-17(14-24(23)30-2)5-9-25(29)28-12-10-18(11-13-28)22-16-19-15-20(26)6-7-21(19)27-22/h4,6-8,14-16,18,27H,3,5,9-13H2,1-2H3. The lowest BCUT2D eigenvalue weighted by atomic mass is 9.93. The van der Waals surface area contributed by atoms with Crippen molar-refractivity contribution in [2.24, 2.45) is 0 Å². The van der Waals surface area contributed by atoms with Crippen molar-refractivity contribution < 1.29 is 14.3 Å². The summed E-state index contributed by atoms with van der Waals surface area (Å²) in [4.78, 5) is 18.3. The van der Waals surface area contributed by atoms with Crippen LogP contribution in [0.25, 0.3) is 10.9 Å². The van der Waals surface area contributed by atoms with Gasteiger partial charge in [0.15, 0.2) is 11.5 Å². The number of aromatic amines is 1. The lowest BCUT2D eigenvalue weighted by Crippen LogP contribution is -2.38. The molecule has 0 radical (unpaired) electrons. The minimum absolute atomic E-state index is 0.217. The first-order valence-electron chi connectivity index (χ1n) is 10.9. The molecule has 0 aliphatic carbocycles. The summed E-state index contributed by atoms with van der Waals surface area (Å²) in [5.74, 6) is 2.12. The van der Waals surface area contributed by atoms with Crippen molar-refractivity contribution in [1.82, 2.24) is 9.88 Å². The normalized spacial score (nSPS) is 14.7. The number of nitrogens with one attached hydrogen (secondary N) is 1. The van der Waals surface area contributed by atoms with E-state index in [0.29, 0.717) is 31.1 Å². The van der Waals surface area contributed by atoms with Crippen molar-refractivity contribution in [3.8, 4) is 11.5 Å². The Kier molecular flexibility index (Phi) is 6.71. The number of rotatable bonds is 7. The van der Waals surface area contributed by atoms with Crippen LogP contribution in [0.1, 0.15) is 43.4 Å². The molecule has 1 amide bonds. The number of benzene rings is 2. The Morgan fingerprint density at radius 2 is 1.94 bits per heavy atom. The zero-order valence-electron chi connectivity index (χ0n) is 18.1. The minimum Gasteiger partial charge on any atom is -0.493 e. The highest BCUT2D eigenvalue weighted by Gasteiger charge is 2.24. The number of aryl methyl sites for hydroxylation is 1. The summed E-state index contributed by atoms with van der Waals surface area (Å²) in [5.41, 5.74) is 3.44. The highest BCUT2D eigenvalue weighted by Crippen LogP contribution is 2.32. The van der Waals surface area contributed by atoms with Gasteiger partial charge in [0.05, 0.1) is 13.7 Å². The number of likely N-dealkylation sites (tertiary alicyclic amines) is 1. The number of hydrogen-bond donors (Lipinski definition) is 1. The Hall–Kier alpha value is -2.66. The molecule has 3 aromatic rings. The highest BCUT2D eigenvalue weighted by molar-refractivity contribution is 6.31. The zero-order valence-corrected chi connectivity index (χ0v) is 18.9. The number of ether oxygens (including phenoxy) is 2. The Morgan fingerprint density at radius 1 is 1.13 bits per heavy atom. The summed E-state index contributed by atoms with van der Waals surface area (Å²) in [6, 6.07) is 14.0. The second kappa shape index (κ2) is 9.65. The fraction of sp³-hybridized carbons (Fsp3) is 0.400. The molecule has 2 heterocycles. The largest absolute Gasteiger partial charge is 0.493 e. The molecule has 31 heavy (non-hydrogen) atoms. The van der Waals surface area contributed by atoms with Crippen molar-refractivity contribution in [1.29, 1.82) is 0 Å². The molecule has 1 aliphatic rings. The first-order valence-corrected chi connectivity index (χ1v) is 11.3. The minimum atomic E-state index is 0.217. The first-order chi connectivity index (χ1) is 15.1. The maximum Gasteiger partial charge on any atom is 0.222 e. The molecule has 1 aromatic heterocycles. The number of nitrogens with zero attached hydrogens (tertiary/aromatic N) is 1. The van der Waals surface area contributed by atoms with Gasteiger partial charge in [-0.3, -0.25) is 4.79 Å². The summed E-state index contributed by atoms with van der Waals surface area (Å²) < 4.78 is 11.0. The number of hydrogen-bond acceptors (Lipinski definition) is 3. The van der Waals surface area contributed by atoms with Gasteiger partial charge in [-0.15, -0.1) is 0 Å². The Labute approximate surface area is 188 Å². The van der Waals surface area contributed by atoms with Crippen LogP contribution in [0, 0.1) is 0 Å². The molecule has 1 N–H and O–H groups in total. The fourth-order valence-electron chi connectivity index (χ4n) is 4.34. The van der Waals surface area contributed by atoms with E-state index in [0.717, 1.165) is 53.2 Å². The second-order valence-electron chi connectivity index (χ2n) is 8.03. The molecule has 0 unspecified atom stereocenters. The van der Waals surface area contributed by atoms with Gasteiger partial charge in [-0.1, -0.05) is 17.7 Å². The fourth-order valence-corrected chi connectivity index (χ4v) is 4.52. The Morgan fingerprint density at radius 3 is 2.68 bits per heavy atom. The van der Waals surface area contributed by atoms with Gasteiger partial charge in [-0.25, -0.2) is 0 Å². The summed E-state index contributed by atoms with van der Waals surface area (Å²) >= 11 is 6.11. The van der Waals surface area contributed by atoms with Crippen LogP contribution in [0.15, 0.2) is 42.5 Å². The third kappa shape index (κ3) is 4.99. The van der Waals surface area contributed by atoms with Crippen molar-refractivity contribution in [2.45, 2.75) is 38.5 Å². The van der Waals surface area contributed by atoms with Crippen LogP contribution in [0.2, 0.25) is 5.02 Å². The van der Waals surface area contributed by atoms with Gasteiger partial charge >= 0.3 is 0 Å². The van der Waals surface area contributed by atoms with Crippen LogP contribution < -0.4 is 9.47 Å². The van der Waals surface area contributed by atoms with E-state index in [1.54, 1.807) is 7.11 Å². The van der Waals surface area contributed by atoms with Crippen LogP contribution in [0.5, 0.6) is 11.5 Å². The quantitative estimate of drug-likeness (QED) is 0.522. The summed E-state index contributed by atoms with van der Waals surface area (Å²) in [5, 5.41) is 1.90. The Bertz CT molecular complexity index is 1050. The molecule has 0 spiro atoms. The van der Waals surface area contributed by atoms with Crippen molar-refractivity contribution in [2.75, 3.05) is 26.8 Å².